The highest BCUT2D eigenvalue weighted by molar-refractivity contribution is 5.78. The summed E-state index contributed by atoms with van der Waals surface area (Å²) in [5, 5.41) is 2.70. The molecular weight excluding hydrogens is 260 g/mol. The molecule has 0 bridgehead atoms. The summed E-state index contributed by atoms with van der Waals surface area (Å²) in [6.45, 7) is 4.22. The third kappa shape index (κ3) is 3.54. The first-order valence-electron chi connectivity index (χ1n) is 7.66. The molecule has 3 nitrogen and oxygen atoms in total. The molecule has 0 saturated heterocycles. The number of carbonyl (C=O) groups excluding carboxylic acids is 1. The molecule has 1 aromatic carbocycles. The number of rotatable bonds is 4. The summed E-state index contributed by atoms with van der Waals surface area (Å²) in [5.41, 5.74) is 13.0. The zero-order chi connectivity index (χ0) is 15.2. The van der Waals surface area contributed by atoms with Crippen LogP contribution in [0.5, 0.6) is 0 Å². The quantitative estimate of drug-likeness (QED) is 0.816. The van der Waals surface area contributed by atoms with Gasteiger partial charge in [0.15, 0.2) is 0 Å². The summed E-state index contributed by atoms with van der Waals surface area (Å²) in [7, 11) is 0. The van der Waals surface area contributed by atoms with Crippen molar-refractivity contribution in [3.8, 4) is 0 Å². The van der Waals surface area contributed by atoms with Gasteiger partial charge in [0, 0.05) is 16.9 Å². The van der Waals surface area contributed by atoms with Crippen LogP contribution in [0.2, 0.25) is 0 Å². The monoisotopic (exact) mass is 284 g/mol. The van der Waals surface area contributed by atoms with Crippen molar-refractivity contribution >= 4 is 17.8 Å². The highest BCUT2D eigenvalue weighted by Gasteiger charge is 2.16. The Bertz CT molecular complexity index is 585. The second kappa shape index (κ2) is 7.11. The highest BCUT2D eigenvalue weighted by Crippen LogP contribution is 2.34. The maximum atomic E-state index is 10.6. The molecule has 0 heterocycles. The van der Waals surface area contributed by atoms with Gasteiger partial charge in [-0.1, -0.05) is 19.1 Å². The summed E-state index contributed by atoms with van der Waals surface area (Å²) < 4.78 is 0. The standard InChI is InChI=1S/C18H24N2O/c1-3-6-14-7-4-5-8-16(14)18(19)17-11-15(20-12-21)10-9-13(17)2/h6,9-12H,3-5,7-8,19H2,1-2H3,(H,20,21)/b14-6+,18-16+. The van der Waals surface area contributed by atoms with E-state index in [4.69, 9.17) is 5.73 Å². The van der Waals surface area contributed by atoms with Gasteiger partial charge in [0.2, 0.25) is 6.41 Å². The first-order chi connectivity index (χ1) is 10.2. The van der Waals surface area contributed by atoms with E-state index in [0.29, 0.717) is 6.41 Å². The van der Waals surface area contributed by atoms with Gasteiger partial charge in [-0.05, 0) is 67.9 Å². The molecule has 1 aromatic rings. The van der Waals surface area contributed by atoms with Gasteiger partial charge in [-0.3, -0.25) is 4.79 Å². The number of carbonyl (C=O) groups is 1. The van der Waals surface area contributed by atoms with E-state index in [1.807, 2.05) is 18.2 Å². The molecular formula is C18H24N2O. The first kappa shape index (κ1) is 15.4. The van der Waals surface area contributed by atoms with Crippen molar-refractivity contribution in [1.82, 2.24) is 0 Å². The van der Waals surface area contributed by atoms with Gasteiger partial charge in [-0.25, -0.2) is 0 Å². The molecule has 3 N–H and O–H groups in total. The van der Waals surface area contributed by atoms with Crippen LogP contribution in [-0.4, -0.2) is 6.41 Å². The highest BCUT2D eigenvalue weighted by atomic mass is 16.1. The van der Waals surface area contributed by atoms with E-state index in [0.717, 1.165) is 41.8 Å². The molecule has 0 aromatic heterocycles. The van der Waals surface area contributed by atoms with Gasteiger partial charge in [0.1, 0.15) is 0 Å². The van der Waals surface area contributed by atoms with E-state index in [-0.39, 0.29) is 0 Å². The predicted octanol–water partition coefficient (Wildman–Crippen LogP) is 4.14. The number of nitrogens with two attached hydrogens (primary N) is 1. The number of amides is 1. The van der Waals surface area contributed by atoms with Crippen LogP contribution < -0.4 is 11.1 Å². The molecule has 0 spiro atoms. The third-order valence-corrected chi connectivity index (χ3v) is 4.04. The number of benzene rings is 1. The second-order valence-electron chi connectivity index (χ2n) is 5.53. The number of anilines is 1. The largest absolute Gasteiger partial charge is 0.398 e. The lowest BCUT2D eigenvalue weighted by Gasteiger charge is -2.22. The molecule has 0 radical (unpaired) electrons. The van der Waals surface area contributed by atoms with E-state index in [9.17, 15) is 4.79 Å². The van der Waals surface area contributed by atoms with Crippen LogP contribution in [0.4, 0.5) is 5.69 Å². The minimum absolute atomic E-state index is 0.695. The van der Waals surface area contributed by atoms with Gasteiger partial charge in [0.25, 0.3) is 0 Å². The maximum Gasteiger partial charge on any atom is 0.211 e. The Balaban J connectivity index is 2.47. The fourth-order valence-electron chi connectivity index (χ4n) is 2.94. The minimum atomic E-state index is 0.695. The van der Waals surface area contributed by atoms with Crippen LogP contribution in [0.1, 0.15) is 50.2 Å². The van der Waals surface area contributed by atoms with Gasteiger partial charge < -0.3 is 11.1 Å². The molecule has 0 atom stereocenters. The maximum absolute atomic E-state index is 10.6. The number of allylic oxidation sites excluding steroid dienone is 3. The average molecular weight is 284 g/mol. The van der Waals surface area contributed by atoms with Gasteiger partial charge in [-0.2, -0.15) is 0 Å². The van der Waals surface area contributed by atoms with Crippen LogP contribution in [0.15, 0.2) is 35.4 Å². The Hall–Kier alpha value is -2.03. The number of hydrogen-bond donors (Lipinski definition) is 2. The second-order valence-corrected chi connectivity index (χ2v) is 5.53. The lowest BCUT2D eigenvalue weighted by Crippen LogP contribution is -2.09. The molecule has 112 valence electrons. The summed E-state index contributed by atoms with van der Waals surface area (Å²) in [6.07, 6.45) is 8.64. The molecule has 1 aliphatic carbocycles. The van der Waals surface area contributed by atoms with Crippen LogP contribution in [0.3, 0.4) is 0 Å². The van der Waals surface area contributed by atoms with E-state index in [1.165, 1.54) is 24.0 Å². The van der Waals surface area contributed by atoms with E-state index in [2.05, 4.69) is 25.2 Å². The van der Waals surface area contributed by atoms with E-state index in [1.54, 1.807) is 0 Å². The molecule has 1 fully saturated rings. The Morgan fingerprint density at radius 1 is 1.33 bits per heavy atom. The lowest BCUT2D eigenvalue weighted by atomic mass is 9.85. The molecule has 1 saturated carbocycles. The zero-order valence-electron chi connectivity index (χ0n) is 12.9. The SMILES string of the molecule is CC/C=C1\CCCC\C1=C(/N)c1cc(NC=O)ccc1C. The minimum Gasteiger partial charge on any atom is -0.398 e. The summed E-state index contributed by atoms with van der Waals surface area (Å²) in [4.78, 5) is 10.6. The molecule has 1 aliphatic rings. The van der Waals surface area contributed by atoms with Crippen molar-refractivity contribution in [2.45, 2.75) is 46.0 Å². The predicted molar refractivity (Wildman–Crippen MR) is 88.8 cm³/mol. The van der Waals surface area contributed by atoms with Gasteiger partial charge >= 0.3 is 0 Å². The van der Waals surface area contributed by atoms with Crippen molar-refractivity contribution < 1.29 is 4.79 Å². The molecule has 3 heteroatoms. The zero-order valence-corrected chi connectivity index (χ0v) is 12.9. The average Bonchev–Trinajstić information content (AvgIpc) is 2.50. The van der Waals surface area contributed by atoms with Gasteiger partial charge in [-0.15, -0.1) is 0 Å². The molecule has 21 heavy (non-hydrogen) atoms. The third-order valence-electron chi connectivity index (χ3n) is 4.04. The van der Waals surface area contributed by atoms with E-state index < -0.39 is 0 Å². The van der Waals surface area contributed by atoms with Gasteiger partial charge in [0.05, 0.1) is 0 Å². The lowest BCUT2D eigenvalue weighted by molar-refractivity contribution is -0.105. The number of hydrogen-bond acceptors (Lipinski definition) is 2. The molecule has 2 rings (SSSR count). The van der Waals surface area contributed by atoms with Crippen molar-refractivity contribution in [1.29, 1.82) is 0 Å². The fraction of sp³-hybridized carbons (Fsp3) is 0.389. The van der Waals surface area contributed by atoms with Crippen molar-refractivity contribution in [3.63, 3.8) is 0 Å². The Morgan fingerprint density at radius 2 is 2.10 bits per heavy atom. The van der Waals surface area contributed by atoms with E-state index >= 15 is 0 Å². The molecule has 1 amide bonds. The summed E-state index contributed by atoms with van der Waals surface area (Å²) >= 11 is 0. The van der Waals surface area contributed by atoms with Crippen LogP contribution in [-0.2, 0) is 4.79 Å². The normalized spacial score (nSPS) is 19.4. The number of aryl methyl sites for hydroxylation is 1. The topological polar surface area (TPSA) is 55.1 Å². The van der Waals surface area contributed by atoms with Crippen LogP contribution in [0, 0.1) is 6.92 Å². The molecule has 0 aliphatic heterocycles. The fourth-order valence-corrected chi connectivity index (χ4v) is 2.94. The van der Waals surface area contributed by atoms with Crippen molar-refractivity contribution in [2.75, 3.05) is 5.32 Å². The Labute approximate surface area is 126 Å². The summed E-state index contributed by atoms with van der Waals surface area (Å²) in [5.74, 6) is 0. The van der Waals surface area contributed by atoms with Crippen LogP contribution in [0.25, 0.3) is 5.70 Å². The smallest absolute Gasteiger partial charge is 0.211 e. The first-order valence-corrected chi connectivity index (χ1v) is 7.66. The van der Waals surface area contributed by atoms with Crippen molar-refractivity contribution in [3.05, 3.63) is 46.5 Å². The van der Waals surface area contributed by atoms with Crippen molar-refractivity contribution in [2.24, 2.45) is 5.73 Å². The Kier molecular flexibility index (Phi) is 5.20. The van der Waals surface area contributed by atoms with Crippen LogP contribution >= 0.6 is 0 Å². The Morgan fingerprint density at radius 3 is 2.81 bits per heavy atom. The number of nitrogens with one attached hydrogen (secondary N) is 1. The molecule has 0 unspecified atom stereocenters. The summed E-state index contributed by atoms with van der Waals surface area (Å²) in [6, 6.07) is 5.86.